The Hall–Kier alpha value is -2.27. The first kappa shape index (κ1) is 21.6. The van der Waals surface area contributed by atoms with Gasteiger partial charge in [-0.3, -0.25) is 4.79 Å². The molecule has 1 amide bonds. The Morgan fingerprint density at radius 1 is 0.875 bits per heavy atom. The van der Waals surface area contributed by atoms with Gasteiger partial charge in [0.15, 0.2) is 0 Å². The Bertz CT molecular complexity index is 1090. The average molecular weight is 460 g/mol. The third kappa shape index (κ3) is 4.07. The minimum absolute atomic E-state index is 0.0754. The minimum atomic E-state index is -3.52. The second-order valence-electron chi connectivity index (χ2n) is 8.46. The van der Waals surface area contributed by atoms with Gasteiger partial charge in [-0.2, -0.15) is 17.0 Å². The quantitative estimate of drug-likeness (QED) is 0.682. The zero-order valence-electron chi connectivity index (χ0n) is 18.1. The lowest BCUT2D eigenvalue weighted by molar-refractivity contribution is 0.0636. The van der Waals surface area contributed by atoms with Gasteiger partial charge in [-0.25, -0.2) is 4.98 Å². The zero-order valence-corrected chi connectivity index (χ0v) is 19.0. The number of ether oxygens (including phenoxy) is 1. The molecule has 3 aliphatic rings. The van der Waals surface area contributed by atoms with E-state index in [9.17, 15) is 13.2 Å². The van der Waals surface area contributed by atoms with Gasteiger partial charge in [-0.05, 0) is 25.0 Å². The van der Waals surface area contributed by atoms with Crippen LogP contribution in [0.1, 0.15) is 23.2 Å². The molecule has 0 atom stereocenters. The fraction of sp³-hybridized carbons (Fsp3) is 0.545. The van der Waals surface area contributed by atoms with E-state index >= 15 is 0 Å². The number of hydrogen-bond acceptors (Lipinski definition) is 6. The van der Waals surface area contributed by atoms with Crippen LogP contribution in [-0.2, 0) is 14.9 Å². The molecule has 32 heavy (non-hydrogen) atoms. The summed E-state index contributed by atoms with van der Waals surface area (Å²) in [6.45, 7) is 4.74. The lowest BCUT2D eigenvalue weighted by Gasteiger charge is -2.38. The highest BCUT2D eigenvalue weighted by molar-refractivity contribution is 7.86. The molecule has 0 spiro atoms. The number of para-hydroxylation sites is 1. The summed E-state index contributed by atoms with van der Waals surface area (Å²) < 4.78 is 34.1. The van der Waals surface area contributed by atoms with Crippen molar-refractivity contribution in [3.63, 3.8) is 0 Å². The number of morpholine rings is 1. The molecule has 9 nitrogen and oxygen atoms in total. The molecule has 3 fully saturated rings. The van der Waals surface area contributed by atoms with Crippen LogP contribution < -0.4 is 4.90 Å². The predicted molar refractivity (Wildman–Crippen MR) is 122 cm³/mol. The molecule has 0 bridgehead atoms. The summed E-state index contributed by atoms with van der Waals surface area (Å²) in [6, 6.07) is 9.79. The maximum absolute atomic E-state index is 13.5. The van der Waals surface area contributed by atoms with Gasteiger partial charge < -0.3 is 14.5 Å². The monoisotopic (exact) mass is 459 g/mol. The standard InChI is InChI=1S/C22H29N5O4S/c28-22(25-9-11-26(12-10-25)32(29,30)27-13-15-31-16-14-27)19-17-18-5-1-2-6-20(18)23-21(19)24-7-3-4-8-24/h1-2,5-6,17H,3-4,7-16H2. The first-order valence-corrected chi connectivity index (χ1v) is 12.7. The second-order valence-corrected chi connectivity index (χ2v) is 10.4. The third-order valence-electron chi connectivity index (χ3n) is 6.49. The van der Waals surface area contributed by atoms with Crippen LogP contribution in [0.4, 0.5) is 5.82 Å². The summed E-state index contributed by atoms with van der Waals surface area (Å²) in [5, 5.41) is 0.937. The number of hydrogen-bond donors (Lipinski definition) is 0. The second kappa shape index (κ2) is 8.93. The SMILES string of the molecule is O=C(c1cc2ccccc2nc1N1CCCC1)N1CCN(S(=O)(=O)N2CCOCC2)CC1. The van der Waals surface area contributed by atoms with Crippen molar-refractivity contribution in [2.75, 3.05) is 70.5 Å². The number of nitrogens with zero attached hydrogens (tertiary/aromatic N) is 5. The van der Waals surface area contributed by atoms with Gasteiger partial charge in [0, 0.05) is 57.7 Å². The van der Waals surface area contributed by atoms with Gasteiger partial charge in [-0.1, -0.05) is 18.2 Å². The maximum Gasteiger partial charge on any atom is 0.282 e. The van der Waals surface area contributed by atoms with Gasteiger partial charge >= 0.3 is 0 Å². The van der Waals surface area contributed by atoms with E-state index in [0.29, 0.717) is 58.0 Å². The van der Waals surface area contributed by atoms with Crippen molar-refractivity contribution >= 4 is 32.8 Å². The molecule has 1 aromatic carbocycles. The smallest absolute Gasteiger partial charge is 0.282 e. The number of aromatic nitrogens is 1. The minimum Gasteiger partial charge on any atom is -0.379 e. The number of piperazine rings is 1. The highest BCUT2D eigenvalue weighted by Crippen LogP contribution is 2.28. The van der Waals surface area contributed by atoms with Crippen LogP contribution in [-0.4, -0.2) is 98.4 Å². The molecule has 10 heteroatoms. The molecule has 0 N–H and O–H groups in total. The van der Waals surface area contributed by atoms with Crippen molar-refractivity contribution in [2.45, 2.75) is 12.8 Å². The molecule has 0 unspecified atom stereocenters. The molecular weight excluding hydrogens is 430 g/mol. The normalized spacial score (nSPS) is 21.4. The van der Waals surface area contributed by atoms with Crippen LogP contribution in [0.25, 0.3) is 10.9 Å². The van der Waals surface area contributed by atoms with E-state index in [2.05, 4.69) is 4.90 Å². The van der Waals surface area contributed by atoms with Crippen molar-refractivity contribution in [2.24, 2.45) is 0 Å². The molecule has 3 aliphatic heterocycles. The van der Waals surface area contributed by atoms with Crippen LogP contribution in [0.2, 0.25) is 0 Å². The van der Waals surface area contributed by atoms with Crippen molar-refractivity contribution < 1.29 is 17.9 Å². The summed E-state index contributed by atoms with van der Waals surface area (Å²) in [4.78, 5) is 22.3. The molecule has 0 aliphatic carbocycles. The van der Waals surface area contributed by atoms with E-state index in [1.807, 2.05) is 30.3 Å². The van der Waals surface area contributed by atoms with Crippen LogP contribution in [0.3, 0.4) is 0 Å². The Kier molecular flexibility index (Phi) is 6.02. The number of pyridine rings is 1. The van der Waals surface area contributed by atoms with Gasteiger partial charge in [0.2, 0.25) is 0 Å². The van der Waals surface area contributed by atoms with Gasteiger partial charge in [0.1, 0.15) is 5.82 Å². The largest absolute Gasteiger partial charge is 0.379 e. The van der Waals surface area contributed by atoms with Crippen LogP contribution >= 0.6 is 0 Å². The van der Waals surface area contributed by atoms with Gasteiger partial charge in [0.05, 0.1) is 24.3 Å². The van der Waals surface area contributed by atoms with E-state index in [-0.39, 0.29) is 5.91 Å². The average Bonchev–Trinajstić information content (AvgIpc) is 3.38. The highest BCUT2D eigenvalue weighted by atomic mass is 32.2. The van der Waals surface area contributed by atoms with Gasteiger partial charge in [0.25, 0.3) is 16.1 Å². The summed E-state index contributed by atoms with van der Waals surface area (Å²) in [5.74, 6) is 0.670. The number of carbonyl (C=O) groups is 1. The first-order chi connectivity index (χ1) is 15.5. The topological polar surface area (TPSA) is 86.3 Å². The Labute approximate surface area is 188 Å². The van der Waals surface area contributed by atoms with E-state index < -0.39 is 10.2 Å². The number of rotatable bonds is 4. The van der Waals surface area contributed by atoms with E-state index in [1.165, 1.54) is 8.61 Å². The Morgan fingerprint density at radius 2 is 1.53 bits per heavy atom. The van der Waals surface area contributed by atoms with E-state index in [0.717, 1.165) is 42.7 Å². The van der Waals surface area contributed by atoms with Crippen molar-refractivity contribution in [1.82, 2.24) is 18.5 Å². The summed E-state index contributed by atoms with van der Waals surface area (Å²) in [5.41, 5.74) is 1.49. The summed E-state index contributed by atoms with van der Waals surface area (Å²) >= 11 is 0. The number of carbonyl (C=O) groups excluding carboxylic acids is 1. The number of benzene rings is 1. The molecule has 0 radical (unpaired) electrons. The molecule has 4 heterocycles. The number of anilines is 1. The molecule has 172 valence electrons. The van der Waals surface area contributed by atoms with Crippen LogP contribution in [0, 0.1) is 0 Å². The lowest BCUT2D eigenvalue weighted by atomic mass is 10.1. The van der Waals surface area contributed by atoms with Crippen LogP contribution in [0.5, 0.6) is 0 Å². The molecule has 3 saturated heterocycles. The Balaban J connectivity index is 1.35. The maximum atomic E-state index is 13.5. The molecule has 2 aromatic rings. The third-order valence-corrected chi connectivity index (χ3v) is 8.52. The number of fused-ring (bicyclic) bond motifs is 1. The fourth-order valence-corrected chi connectivity index (χ4v) is 6.23. The summed E-state index contributed by atoms with van der Waals surface area (Å²) in [7, 11) is -3.52. The number of amides is 1. The molecular formula is C22H29N5O4S. The van der Waals surface area contributed by atoms with E-state index in [4.69, 9.17) is 9.72 Å². The first-order valence-electron chi connectivity index (χ1n) is 11.3. The highest BCUT2D eigenvalue weighted by Gasteiger charge is 2.35. The molecule has 0 saturated carbocycles. The molecule has 5 rings (SSSR count). The van der Waals surface area contributed by atoms with Crippen molar-refractivity contribution in [3.05, 3.63) is 35.9 Å². The van der Waals surface area contributed by atoms with Crippen molar-refractivity contribution in [3.8, 4) is 0 Å². The van der Waals surface area contributed by atoms with Crippen LogP contribution in [0.15, 0.2) is 30.3 Å². The van der Waals surface area contributed by atoms with E-state index in [1.54, 1.807) is 4.90 Å². The zero-order chi connectivity index (χ0) is 22.1. The Morgan fingerprint density at radius 3 is 2.25 bits per heavy atom. The fourth-order valence-electron chi connectivity index (χ4n) is 4.67. The van der Waals surface area contributed by atoms with Crippen molar-refractivity contribution in [1.29, 1.82) is 0 Å². The van der Waals surface area contributed by atoms with Gasteiger partial charge in [-0.15, -0.1) is 0 Å². The predicted octanol–water partition coefficient (Wildman–Crippen LogP) is 1.17. The lowest BCUT2D eigenvalue weighted by Crippen LogP contribution is -2.55. The molecule has 1 aromatic heterocycles. The summed E-state index contributed by atoms with van der Waals surface area (Å²) in [6.07, 6.45) is 2.19.